The quantitative estimate of drug-likeness (QED) is 0.827. The van der Waals surface area contributed by atoms with E-state index in [0.29, 0.717) is 6.54 Å². The molecule has 0 radical (unpaired) electrons. The van der Waals surface area contributed by atoms with Gasteiger partial charge >= 0.3 is 0 Å². The lowest BCUT2D eigenvalue weighted by molar-refractivity contribution is 0.686. The molecule has 0 atom stereocenters. The molecule has 0 saturated heterocycles. The minimum absolute atomic E-state index is 0.506. The lowest BCUT2D eigenvalue weighted by Gasteiger charge is -2.16. The smallest absolute Gasteiger partial charge is 0.0569 e. The molecular formula is C14H17N3. The molecular weight excluding hydrogens is 210 g/mol. The van der Waals surface area contributed by atoms with Crippen molar-refractivity contribution in [3.8, 4) is 11.1 Å². The number of aromatic nitrogens is 2. The molecule has 1 aromatic carbocycles. The molecule has 3 rings (SSSR count). The van der Waals surface area contributed by atoms with Gasteiger partial charge in [-0.3, -0.25) is 5.10 Å². The number of nitrogens with one attached hydrogen (secondary N) is 1. The predicted octanol–water partition coefficient (Wildman–Crippen LogP) is 2.41. The molecule has 0 saturated carbocycles. The lowest BCUT2D eigenvalue weighted by atomic mass is 9.89. The number of aryl methyl sites for hydroxylation is 2. The van der Waals surface area contributed by atoms with Crippen molar-refractivity contribution >= 4 is 0 Å². The van der Waals surface area contributed by atoms with Gasteiger partial charge in [-0.15, -0.1) is 0 Å². The molecule has 1 aliphatic rings. The summed E-state index contributed by atoms with van der Waals surface area (Å²) in [4.78, 5) is 0. The van der Waals surface area contributed by atoms with Crippen molar-refractivity contribution in [1.82, 2.24) is 10.2 Å². The van der Waals surface area contributed by atoms with Crippen LogP contribution in [0.1, 0.15) is 29.7 Å². The minimum atomic E-state index is 0.506. The molecule has 0 spiro atoms. The van der Waals surface area contributed by atoms with Crippen molar-refractivity contribution in [1.29, 1.82) is 0 Å². The highest BCUT2D eigenvalue weighted by atomic mass is 15.1. The van der Waals surface area contributed by atoms with Crippen molar-refractivity contribution in [3.63, 3.8) is 0 Å². The Morgan fingerprint density at radius 3 is 2.82 bits per heavy atom. The number of fused-ring (bicyclic) bond motifs is 1. The van der Waals surface area contributed by atoms with Crippen LogP contribution >= 0.6 is 0 Å². The van der Waals surface area contributed by atoms with Gasteiger partial charge in [0.05, 0.1) is 11.9 Å². The van der Waals surface area contributed by atoms with Crippen LogP contribution in [0.25, 0.3) is 11.1 Å². The first-order valence-corrected chi connectivity index (χ1v) is 6.23. The lowest BCUT2D eigenvalue weighted by Crippen LogP contribution is -2.03. The van der Waals surface area contributed by atoms with Crippen molar-refractivity contribution < 1.29 is 0 Å². The second kappa shape index (κ2) is 4.34. The molecule has 1 aromatic heterocycles. The fourth-order valence-corrected chi connectivity index (χ4v) is 2.62. The number of hydrogen-bond acceptors (Lipinski definition) is 2. The first kappa shape index (κ1) is 10.5. The third-order valence-electron chi connectivity index (χ3n) is 3.58. The summed E-state index contributed by atoms with van der Waals surface area (Å²) in [5.74, 6) is 0. The molecule has 1 heterocycles. The Bertz CT molecular complexity index is 528. The number of nitrogens with zero attached hydrogens (tertiary/aromatic N) is 1. The van der Waals surface area contributed by atoms with Crippen LogP contribution in [-0.4, -0.2) is 10.2 Å². The number of hydrogen-bond donors (Lipinski definition) is 2. The van der Waals surface area contributed by atoms with Gasteiger partial charge in [0.2, 0.25) is 0 Å². The Labute approximate surface area is 101 Å². The second-order valence-corrected chi connectivity index (χ2v) is 4.66. The van der Waals surface area contributed by atoms with E-state index in [2.05, 4.69) is 28.4 Å². The van der Waals surface area contributed by atoms with Gasteiger partial charge in [0.25, 0.3) is 0 Å². The van der Waals surface area contributed by atoms with E-state index in [9.17, 15) is 0 Å². The van der Waals surface area contributed by atoms with Crippen LogP contribution in [0.5, 0.6) is 0 Å². The van der Waals surface area contributed by atoms with Crippen LogP contribution in [-0.2, 0) is 19.4 Å². The zero-order valence-electron chi connectivity index (χ0n) is 9.87. The summed E-state index contributed by atoms with van der Waals surface area (Å²) in [5, 5.41) is 7.04. The molecule has 0 fully saturated rings. The van der Waals surface area contributed by atoms with Crippen LogP contribution in [0.2, 0.25) is 0 Å². The van der Waals surface area contributed by atoms with E-state index < -0.39 is 0 Å². The van der Waals surface area contributed by atoms with Gasteiger partial charge in [-0.05, 0) is 42.4 Å². The van der Waals surface area contributed by atoms with Gasteiger partial charge in [-0.25, -0.2) is 0 Å². The Kier molecular flexibility index (Phi) is 2.69. The molecule has 88 valence electrons. The first-order chi connectivity index (χ1) is 8.38. The summed E-state index contributed by atoms with van der Waals surface area (Å²) < 4.78 is 0. The fraction of sp³-hybridized carbons (Fsp3) is 0.357. The third-order valence-corrected chi connectivity index (χ3v) is 3.58. The predicted molar refractivity (Wildman–Crippen MR) is 68.6 cm³/mol. The van der Waals surface area contributed by atoms with Crippen LogP contribution in [0.4, 0.5) is 0 Å². The SMILES string of the molecule is NCc1[nH]ncc1-c1ccc2c(c1)CCCC2. The average molecular weight is 227 g/mol. The number of rotatable bonds is 2. The van der Waals surface area contributed by atoms with E-state index in [1.807, 2.05) is 6.20 Å². The van der Waals surface area contributed by atoms with E-state index in [1.54, 1.807) is 0 Å². The first-order valence-electron chi connectivity index (χ1n) is 6.23. The monoisotopic (exact) mass is 227 g/mol. The molecule has 17 heavy (non-hydrogen) atoms. The van der Waals surface area contributed by atoms with Gasteiger partial charge in [0, 0.05) is 12.1 Å². The number of H-pyrrole nitrogens is 1. The summed E-state index contributed by atoms with van der Waals surface area (Å²) in [7, 11) is 0. The minimum Gasteiger partial charge on any atom is -0.325 e. The summed E-state index contributed by atoms with van der Waals surface area (Å²) in [6.07, 6.45) is 6.94. The Morgan fingerprint density at radius 1 is 1.18 bits per heavy atom. The van der Waals surface area contributed by atoms with Crippen molar-refractivity contribution in [3.05, 3.63) is 41.2 Å². The van der Waals surface area contributed by atoms with E-state index in [4.69, 9.17) is 5.73 Å². The third kappa shape index (κ3) is 1.87. The highest BCUT2D eigenvalue weighted by Crippen LogP contribution is 2.28. The van der Waals surface area contributed by atoms with E-state index in [0.717, 1.165) is 11.3 Å². The zero-order valence-corrected chi connectivity index (χ0v) is 9.87. The topological polar surface area (TPSA) is 54.7 Å². The number of nitrogens with two attached hydrogens (primary N) is 1. The van der Waals surface area contributed by atoms with Gasteiger partial charge in [-0.1, -0.05) is 18.2 Å². The number of benzene rings is 1. The summed E-state index contributed by atoms with van der Waals surface area (Å²) in [6.45, 7) is 0.506. The van der Waals surface area contributed by atoms with Gasteiger partial charge < -0.3 is 5.73 Å². The zero-order chi connectivity index (χ0) is 11.7. The normalized spacial score (nSPS) is 14.6. The molecule has 2 aromatic rings. The molecule has 3 nitrogen and oxygen atoms in total. The van der Waals surface area contributed by atoms with Crippen molar-refractivity contribution in [2.75, 3.05) is 0 Å². The number of aromatic amines is 1. The highest BCUT2D eigenvalue weighted by molar-refractivity contribution is 5.66. The maximum absolute atomic E-state index is 5.70. The molecule has 0 amide bonds. The molecule has 3 N–H and O–H groups in total. The summed E-state index contributed by atoms with van der Waals surface area (Å²) in [5.41, 5.74) is 12.1. The van der Waals surface area contributed by atoms with Crippen molar-refractivity contribution in [2.45, 2.75) is 32.2 Å². The van der Waals surface area contributed by atoms with Crippen LogP contribution < -0.4 is 5.73 Å². The van der Waals surface area contributed by atoms with Crippen molar-refractivity contribution in [2.24, 2.45) is 5.73 Å². The Hall–Kier alpha value is -1.61. The maximum Gasteiger partial charge on any atom is 0.0569 e. The van der Waals surface area contributed by atoms with Gasteiger partial charge in [0.1, 0.15) is 0 Å². The standard InChI is InChI=1S/C14H17N3/c15-8-14-13(9-16-17-14)12-6-5-10-3-1-2-4-11(10)7-12/h5-7,9H,1-4,8,15H2,(H,16,17). The molecule has 3 heteroatoms. The molecule has 0 unspecified atom stereocenters. The van der Waals surface area contributed by atoms with Crippen LogP contribution in [0, 0.1) is 0 Å². The van der Waals surface area contributed by atoms with E-state index in [1.165, 1.54) is 42.4 Å². The van der Waals surface area contributed by atoms with Gasteiger partial charge in [-0.2, -0.15) is 5.10 Å². The van der Waals surface area contributed by atoms with Gasteiger partial charge in [0.15, 0.2) is 0 Å². The van der Waals surface area contributed by atoms with Crippen LogP contribution in [0.3, 0.4) is 0 Å². The highest BCUT2D eigenvalue weighted by Gasteiger charge is 2.12. The van der Waals surface area contributed by atoms with E-state index >= 15 is 0 Å². The summed E-state index contributed by atoms with van der Waals surface area (Å²) >= 11 is 0. The molecule has 1 aliphatic carbocycles. The maximum atomic E-state index is 5.70. The molecule has 0 bridgehead atoms. The Balaban J connectivity index is 2.04. The largest absolute Gasteiger partial charge is 0.325 e. The Morgan fingerprint density at radius 2 is 2.00 bits per heavy atom. The fourth-order valence-electron chi connectivity index (χ4n) is 2.62. The average Bonchev–Trinajstić information content (AvgIpc) is 2.86. The van der Waals surface area contributed by atoms with E-state index in [-0.39, 0.29) is 0 Å². The second-order valence-electron chi connectivity index (χ2n) is 4.66. The summed E-state index contributed by atoms with van der Waals surface area (Å²) in [6, 6.07) is 6.75. The molecule has 0 aliphatic heterocycles. The van der Waals surface area contributed by atoms with Crippen LogP contribution in [0.15, 0.2) is 24.4 Å².